The van der Waals surface area contributed by atoms with Gasteiger partial charge in [0.2, 0.25) is 0 Å². The zero-order valence-electron chi connectivity index (χ0n) is 14.1. The average molecular weight is 384 g/mol. The summed E-state index contributed by atoms with van der Waals surface area (Å²) in [4.78, 5) is 28.6. The Kier molecular flexibility index (Phi) is 5.78. The van der Waals surface area contributed by atoms with Crippen LogP contribution in [0.2, 0.25) is 5.02 Å². The average Bonchev–Trinajstić information content (AvgIpc) is 2.69. The van der Waals surface area contributed by atoms with Gasteiger partial charge >= 0.3 is 0 Å². The van der Waals surface area contributed by atoms with Crippen molar-refractivity contribution < 1.29 is 14.0 Å². The van der Waals surface area contributed by atoms with Crippen molar-refractivity contribution in [1.82, 2.24) is 10.3 Å². The minimum absolute atomic E-state index is 0.0344. The molecule has 136 valence electrons. The van der Waals surface area contributed by atoms with Crippen LogP contribution in [0.15, 0.2) is 67.0 Å². The third-order valence-corrected chi connectivity index (χ3v) is 4.01. The van der Waals surface area contributed by atoms with E-state index >= 15 is 0 Å². The summed E-state index contributed by atoms with van der Waals surface area (Å²) < 4.78 is 13.6. The van der Waals surface area contributed by atoms with Gasteiger partial charge in [0.15, 0.2) is 0 Å². The normalized spacial score (nSPS) is 10.3. The maximum Gasteiger partial charge on any atom is 0.257 e. The molecule has 0 fully saturated rings. The number of nitrogens with one attached hydrogen (secondary N) is 2. The minimum atomic E-state index is -0.452. The van der Waals surface area contributed by atoms with Crippen LogP contribution in [0, 0.1) is 5.82 Å². The lowest BCUT2D eigenvalue weighted by molar-refractivity contribution is 0.0950. The number of anilines is 1. The first-order valence-electron chi connectivity index (χ1n) is 8.06. The van der Waals surface area contributed by atoms with Gasteiger partial charge in [-0.3, -0.25) is 14.6 Å². The van der Waals surface area contributed by atoms with Crippen LogP contribution >= 0.6 is 11.6 Å². The van der Waals surface area contributed by atoms with Gasteiger partial charge in [0, 0.05) is 35.2 Å². The van der Waals surface area contributed by atoms with Crippen LogP contribution in [0.5, 0.6) is 0 Å². The molecule has 2 amide bonds. The summed E-state index contributed by atoms with van der Waals surface area (Å²) >= 11 is 5.81. The quantitative estimate of drug-likeness (QED) is 0.698. The van der Waals surface area contributed by atoms with E-state index in [1.54, 1.807) is 42.5 Å². The summed E-state index contributed by atoms with van der Waals surface area (Å²) in [6, 6.07) is 14.2. The molecule has 2 aromatic carbocycles. The van der Waals surface area contributed by atoms with Gasteiger partial charge in [-0.25, -0.2) is 4.39 Å². The van der Waals surface area contributed by atoms with Gasteiger partial charge in [-0.1, -0.05) is 29.8 Å². The minimum Gasteiger partial charge on any atom is -0.348 e. The fourth-order valence-corrected chi connectivity index (χ4v) is 2.47. The Bertz CT molecular complexity index is 977. The molecule has 27 heavy (non-hydrogen) atoms. The van der Waals surface area contributed by atoms with Gasteiger partial charge < -0.3 is 10.6 Å². The molecule has 0 aliphatic carbocycles. The lowest BCUT2D eigenvalue weighted by Gasteiger charge is -2.08. The first-order valence-corrected chi connectivity index (χ1v) is 8.44. The first-order chi connectivity index (χ1) is 13.0. The molecule has 3 aromatic rings. The number of rotatable bonds is 5. The van der Waals surface area contributed by atoms with Crippen molar-refractivity contribution >= 4 is 29.1 Å². The highest BCUT2D eigenvalue weighted by atomic mass is 35.5. The molecule has 0 bridgehead atoms. The van der Waals surface area contributed by atoms with E-state index < -0.39 is 17.6 Å². The van der Waals surface area contributed by atoms with Crippen LogP contribution in [0.1, 0.15) is 26.3 Å². The van der Waals surface area contributed by atoms with Crippen molar-refractivity contribution in [1.29, 1.82) is 0 Å². The molecular weight excluding hydrogens is 369 g/mol. The van der Waals surface area contributed by atoms with Crippen LogP contribution in [-0.4, -0.2) is 16.8 Å². The van der Waals surface area contributed by atoms with E-state index in [1.165, 1.54) is 24.5 Å². The third-order valence-electron chi connectivity index (χ3n) is 3.76. The van der Waals surface area contributed by atoms with Crippen molar-refractivity contribution in [3.63, 3.8) is 0 Å². The Morgan fingerprint density at radius 2 is 1.63 bits per heavy atom. The molecule has 3 rings (SSSR count). The molecular formula is C20H15ClFN3O2. The molecule has 0 saturated carbocycles. The standard InChI is InChI=1S/C20H15ClFN3O2/c21-16-5-7-17(8-6-16)25-20(27)15-9-14(10-23-11-15)19(26)24-12-13-3-1-2-4-18(13)22/h1-11H,12H2,(H,24,26)(H,25,27). The SMILES string of the molecule is O=C(NCc1ccccc1F)c1cncc(C(=O)Nc2ccc(Cl)cc2)c1. The second-order valence-corrected chi connectivity index (χ2v) is 6.13. The van der Waals surface area contributed by atoms with E-state index in [9.17, 15) is 14.0 Å². The van der Waals surface area contributed by atoms with Crippen LogP contribution in [0.25, 0.3) is 0 Å². The number of amides is 2. The van der Waals surface area contributed by atoms with Gasteiger partial charge in [0.25, 0.3) is 11.8 Å². The Balaban J connectivity index is 1.67. The van der Waals surface area contributed by atoms with Gasteiger partial charge in [-0.2, -0.15) is 0 Å². The van der Waals surface area contributed by atoms with Crippen molar-refractivity contribution in [2.45, 2.75) is 6.54 Å². The van der Waals surface area contributed by atoms with E-state index in [1.807, 2.05) is 0 Å². The Morgan fingerprint density at radius 1 is 0.963 bits per heavy atom. The van der Waals surface area contributed by atoms with Crippen molar-refractivity contribution in [3.8, 4) is 0 Å². The number of hydrogen-bond acceptors (Lipinski definition) is 3. The number of pyridine rings is 1. The second kappa shape index (κ2) is 8.42. The highest BCUT2D eigenvalue weighted by molar-refractivity contribution is 6.30. The van der Waals surface area contributed by atoms with E-state index in [0.29, 0.717) is 16.3 Å². The molecule has 1 aromatic heterocycles. The summed E-state index contributed by atoms with van der Waals surface area (Å²) in [6.45, 7) is 0.0344. The topological polar surface area (TPSA) is 71.1 Å². The van der Waals surface area contributed by atoms with E-state index in [0.717, 1.165) is 0 Å². The zero-order valence-corrected chi connectivity index (χ0v) is 14.8. The van der Waals surface area contributed by atoms with Crippen LogP contribution in [0.4, 0.5) is 10.1 Å². The lowest BCUT2D eigenvalue weighted by Crippen LogP contribution is -2.24. The number of benzene rings is 2. The van der Waals surface area contributed by atoms with Gasteiger partial charge in [0.1, 0.15) is 5.82 Å². The molecule has 2 N–H and O–H groups in total. The molecule has 1 heterocycles. The van der Waals surface area contributed by atoms with Gasteiger partial charge in [-0.15, -0.1) is 0 Å². The first kappa shape index (κ1) is 18.5. The highest BCUT2D eigenvalue weighted by Crippen LogP contribution is 2.15. The summed E-state index contributed by atoms with van der Waals surface area (Å²) in [6.07, 6.45) is 2.70. The van der Waals surface area contributed by atoms with E-state index in [-0.39, 0.29) is 17.7 Å². The fourth-order valence-electron chi connectivity index (χ4n) is 2.34. The van der Waals surface area contributed by atoms with Crippen molar-refractivity contribution in [2.24, 2.45) is 0 Å². The lowest BCUT2D eigenvalue weighted by atomic mass is 10.1. The number of carbonyl (C=O) groups is 2. The predicted octanol–water partition coefficient (Wildman–Crippen LogP) is 4.06. The molecule has 5 nitrogen and oxygen atoms in total. The molecule has 0 radical (unpaired) electrons. The smallest absolute Gasteiger partial charge is 0.257 e. The number of nitrogens with zero attached hydrogens (tertiary/aromatic N) is 1. The predicted molar refractivity (Wildman–Crippen MR) is 101 cm³/mol. The number of hydrogen-bond donors (Lipinski definition) is 2. The number of aromatic nitrogens is 1. The van der Waals surface area contributed by atoms with Crippen LogP contribution < -0.4 is 10.6 Å². The maximum absolute atomic E-state index is 13.6. The largest absolute Gasteiger partial charge is 0.348 e. The second-order valence-electron chi connectivity index (χ2n) is 5.70. The summed E-state index contributed by atoms with van der Waals surface area (Å²) in [5, 5.41) is 5.87. The van der Waals surface area contributed by atoms with Crippen molar-refractivity contribution in [2.75, 3.05) is 5.32 Å². The maximum atomic E-state index is 13.6. The summed E-state index contributed by atoms with van der Waals surface area (Å²) in [7, 11) is 0. The molecule has 0 atom stereocenters. The zero-order chi connectivity index (χ0) is 19.2. The van der Waals surface area contributed by atoms with Gasteiger partial charge in [0.05, 0.1) is 11.1 Å². The highest BCUT2D eigenvalue weighted by Gasteiger charge is 2.12. The van der Waals surface area contributed by atoms with Gasteiger partial charge in [-0.05, 0) is 36.4 Å². The molecule has 0 spiro atoms. The number of halogens is 2. The van der Waals surface area contributed by atoms with E-state index in [4.69, 9.17) is 11.6 Å². The Labute approximate surface area is 160 Å². The summed E-state index contributed by atoms with van der Waals surface area (Å²) in [5.41, 5.74) is 1.37. The monoisotopic (exact) mass is 383 g/mol. The van der Waals surface area contributed by atoms with Crippen LogP contribution in [0.3, 0.4) is 0 Å². The van der Waals surface area contributed by atoms with Crippen LogP contribution in [-0.2, 0) is 6.54 Å². The molecule has 0 aliphatic rings. The third kappa shape index (κ3) is 4.89. The molecule has 0 saturated heterocycles. The molecule has 0 unspecified atom stereocenters. The number of carbonyl (C=O) groups excluding carboxylic acids is 2. The molecule has 0 aliphatic heterocycles. The Hall–Kier alpha value is -3.25. The van der Waals surface area contributed by atoms with E-state index in [2.05, 4.69) is 15.6 Å². The molecule has 7 heteroatoms. The fraction of sp³-hybridized carbons (Fsp3) is 0.0500. The van der Waals surface area contributed by atoms with Crippen molar-refractivity contribution in [3.05, 3.63) is 94.5 Å². The Morgan fingerprint density at radius 3 is 2.33 bits per heavy atom. The summed E-state index contributed by atoms with van der Waals surface area (Å²) in [5.74, 6) is -1.26.